The van der Waals surface area contributed by atoms with Gasteiger partial charge in [-0.25, -0.2) is 0 Å². The minimum absolute atomic E-state index is 1.05. The molecule has 0 aromatic carbocycles. The number of halogens is 2. The summed E-state index contributed by atoms with van der Waals surface area (Å²) in [7, 11) is 0. The van der Waals surface area contributed by atoms with E-state index in [2.05, 4.69) is 22.7 Å². The van der Waals surface area contributed by atoms with Gasteiger partial charge >= 0.3 is 53.7 Å². The molecule has 0 heterocycles. The van der Waals surface area contributed by atoms with Gasteiger partial charge in [-0.2, -0.15) is 0 Å². The van der Waals surface area contributed by atoms with Crippen molar-refractivity contribution in [1.29, 1.82) is 0 Å². The number of unbranched alkanes of at least 4 members (excludes halogenated alkanes) is 3. The summed E-state index contributed by atoms with van der Waals surface area (Å²) < 4.78 is 0. The van der Waals surface area contributed by atoms with Crippen molar-refractivity contribution in [2.24, 2.45) is 0 Å². The molecule has 13 heavy (non-hydrogen) atoms. The third-order valence-corrected chi connectivity index (χ3v) is 1.87. The minimum atomic E-state index is -1.46. The second kappa shape index (κ2) is 12.6. The van der Waals surface area contributed by atoms with Crippen molar-refractivity contribution in [3.8, 4) is 0 Å². The predicted octanol–water partition coefficient (Wildman–Crippen LogP) is 2.07. The van der Waals surface area contributed by atoms with Crippen LogP contribution < -0.4 is 5.11 Å². The Balaban J connectivity index is 0. The molecule has 0 amide bonds. The van der Waals surface area contributed by atoms with E-state index in [1.165, 1.54) is 25.7 Å². The van der Waals surface area contributed by atoms with Crippen molar-refractivity contribution in [2.45, 2.75) is 42.8 Å². The zero-order valence-electron chi connectivity index (χ0n) is 7.52. The van der Waals surface area contributed by atoms with E-state index in [0.29, 0.717) is 0 Å². The summed E-state index contributed by atoms with van der Waals surface area (Å²) in [6.45, 7) is 2.22. The van der Waals surface area contributed by atoms with Crippen LogP contribution in [0.3, 0.4) is 0 Å². The maximum absolute atomic E-state index is 9.32. The second-order valence-corrected chi connectivity index (χ2v) is 3.96. The molecule has 0 fully saturated rings. The van der Waals surface area contributed by atoms with Crippen molar-refractivity contribution >= 4 is 29.2 Å². The predicted molar refractivity (Wildman–Crippen MR) is 49.5 cm³/mol. The molecule has 5 heteroatoms. The van der Waals surface area contributed by atoms with Gasteiger partial charge in [0.1, 0.15) is 4.84 Å². The van der Waals surface area contributed by atoms with Gasteiger partial charge in [-0.3, -0.25) is 0 Å². The van der Waals surface area contributed by atoms with Gasteiger partial charge in [-0.15, -0.1) is 0 Å². The van der Waals surface area contributed by atoms with Gasteiger partial charge in [0.05, 0.1) is 5.97 Å². The quantitative estimate of drug-likeness (QED) is 0.567. The number of alkyl halides is 2. The largest absolute Gasteiger partial charge is 0.547 e. The molecule has 0 aromatic rings. The van der Waals surface area contributed by atoms with Gasteiger partial charge in [-0.1, -0.05) is 23.2 Å². The van der Waals surface area contributed by atoms with E-state index in [9.17, 15) is 9.90 Å². The Morgan fingerprint density at radius 1 is 1.38 bits per heavy atom. The van der Waals surface area contributed by atoms with Crippen LogP contribution in [0.5, 0.6) is 0 Å². The Labute approximate surface area is 97.6 Å². The van der Waals surface area contributed by atoms with Crippen LogP contribution in [0.15, 0.2) is 0 Å². The number of carboxylic acids is 1. The Morgan fingerprint density at radius 2 is 1.85 bits per heavy atom. The van der Waals surface area contributed by atoms with Crippen LogP contribution in [0.4, 0.5) is 0 Å². The molecule has 0 aromatic heterocycles. The van der Waals surface area contributed by atoms with Crippen LogP contribution in [0, 0.1) is 0 Å². The first kappa shape index (κ1) is 16.0. The molecule has 0 saturated carbocycles. The number of hydrogen-bond donors (Lipinski definition) is 0. The fourth-order valence-corrected chi connectivity index (χ4v) is 0.770. The number of carboxylic acid groups (broad SMARTS) is 1. The maximum Gasteiger partial charge on any atom is 0.146 e. The number of carbonyl (C=O) groups excluding carboxylic acids is 1. The van der Waals surface area contributed by atoms with Crippen LogP contribution >= 0.6 is 23.2 Å². The average molecular weight is 272 g/mol. The third-order valence-electron chi connectivity index (χ3n) is 1.15. The molecule has 81 valence electrons. The van der Waals surface area contributed by atoms with E-state index >= 15 is 0 Å². The van der Waals surface area contributed by atoms with Crippen molar-refractivity contribution in [3.05, 3.63) is 0 Å². The van der Waals surface area contributed by atoms with E-state index in [0.717, 1.165) is 5.36 Å². The zero-order valence-corrected chi connectivity index (χ0v) is 10.1. The van der Waals surface area contributed by atoms with Crippen LogP contribution in [0.1, 0.15) is 32.6 Å². The van der Waals surface area contributed by atoms with Crippen molar-refractivity contribution in [2.75, 3.05) is 0 Å². The summed E-state index contributed by atoms with van der Waals surface area (Å²) >= 11 is 13.6. The van der Waals surface area contributed by atoms with Crippen molar-refractivity contribution in [3.63, 3.8) is 0 Å². The summed E-state index contributed by atoms with van der Waals surface area (Å²) in [6, 6.07) is 0. The van der Waals surface area contributed by atoms with Crippen LogP contribution in [-0.4, -0.2) is 10.8 Å². The van der Waals surface area contributed by atoms with Gasteiger partial charge < -0.3 is 9.90 Å². The number of hydrogen-bond acceptors (Lipinski definition) is 2. The van der Waals surface area contributed by atoms with Gasteiger partial charge in [0, 0.05) is 0 Å². The van der Waals surface area contributed by atoms with E-state index in [4.69, 9.17) is 23.2 Å². The Morgan fingerprint density at radius 3 is 2.08 bits per heavy atom. The van der Waals surface area contributed by atoms with Gasteiger partial charge in [-0.05, 0) is 0 Å². The van der Waals surface area contributed by atoms with E-state index < -0.39 is 10.8 Å². The normalized spacial score (nSPS) is 9.31. The Bertz CT molecular complexity index is 117. The third kappa shape index (κ3) is 19.1. The summed E-state index contributed by atoms with van der Waals surface area (Å²) in [6.07, 6.45) is 5.35. The molecule has 2 nitrogen and oxygen atoms in total. The second-order valence-electron chi connectivity index (χ2n) is 2.35. The molecule has 0 aliphatic carbocycles. The molecule has 0 unspecified atom stereocenters. The van der Waals surface area contributed by atoms with Crippen molar-refractivity contribution in [1.82, 2.24) is 0 Å². The molecule has 0 bridgehead atoms. The number of aliphatic carboxylic acids is 1. The maximum atomic E-state index is 9.32. The first-order chi connectivity index (χ1) is 6.06. The number of rotatable bonds is 5. The Kier molecular flexibility index (Phi) is 15.5. The Hall–Kier alpha value is 0.556. The van der Waals surface area contributed by atoms with E-state index in [-0.39, 0.29) is 0 Å². The molecule has 0 aliphatic rings. The summed E-state index contributed by atoms with van der Waals surface area (Å²) in [5, 5.41) is 10.4. The van der Waals surface area contributed by atoms with Gasteiger partial charge in [0.2, 0.25) is 0 Å². The fraction of sp³-hybridized carbons (Fsp3) is 0.875. The molecule has 0 saturated heterocycles. The molecule has 0 rings (SSSR count). The first-order valence-corrected chi connectivity index (χ1v) is 5.69. The molecular formula is C8H14Cl2CoO2. The SMILES string of the molecule is CCCCC[CH2][Co+].O=C([O-])C(Cl)Cl. The summed E-state index contributed by atoms with van der Waals surface area (Å²) in [4.78, 5) is 7.93. The van der Waals surface area contributed by atoms with Crippen LogP contribution in [-0.2, 0) is 20.5 Å². The van der Waals surface area contributed by atoms with Gasteiger partial charge in [0.25, 0.3) is 0 Å². The molecule has 0 radical (unpaired) electrons. The average Bonchev–Trinajstić information content (AvgIpc) is 2.06. The van der Waals surface area contributed by atoms with Crippen LogP contribution in [0.2, 0.25) is 5.36 Å². The van der Waals surface area contributed by atoms with Crippen LogP contribution in [0.25, 0.3) is 0 Å². The van der Waals surface area contributed by atoms with E-state index in [1.807, 2.05) is 0 Å². The first-order valence-electron chi connectivity index (χ1n) is 4.08. The standard InChI is InChI=1S/C6H13.C2H2Cl2O2.Co/c1-3-5-6-4-2;3-1(4)2(5)6;/h1,3-6H2,2H3;1H,(H,5,6);/q;;+1/p-1. The topological polar surface area (TPSA) is 40.1 Å². The van der Waals surface area contributed by atoms with Gasteiger partial charge in [0.15, 0.2) is 0 Å². The molecule has 0 N–H and O–H groups in total. The van der Waals surface area contributed by atoms with E-state index in [1.54, 1.807) is 0 Å². The summed E-state index contributed by atoms with van der Waals surface area (Å²) in [5.74, 6) is -1.46. The fourth-order valence-electron chi connectivity index (χ4n) is 0.510. The molecule has 0 spiro atoms. The monoisotopic (exact) mass is 271 g/mol. The van der Waals surface area contributed by atoms with Crippen molar-refractivity contribution < 1.29 is 25.6 Å². The zero-order chi connectivity index (χ0) is 10.7. The minimum Gasteiger partial charge on any atom is -0.547 e. The molecular weight excluding hydrogens is 258 g/mol. The molecule has 0 atom stereocenters. The molecule has 0 aliphatic heterocycles. The smallest absolute Gasteiger partial charge is 0.146 e. The number of carbonyl (C=O) groups is 1. The summed E-state index contributed by atoms with van der Waals surface area (Å²) in [5.41, 5.74) is 0.